The second kappa shape index (κ2) is 5.20. The topological polar surface area (TPSA) is 59.4 Å². The molecular weight excluding hydrogens is 242 g/mol. The summed E-state index contributed by atoms with van der Waals surface area (Å²) in [5.74, 6) is 1.20. The Balaban J connectivity index is 2.12. The van der Waals surface area contributed by atoms with Crippen molar-refractivity contribution in [2.75, 3.05) is 0 Å². The molecule has 0 fully saturated rings. The number of pyridine rings is 1. The Hall–Kier alpha value is -2.20. The van der Waals surface area contributed by atoms with Gasteiger partial charge in [-0.05, 0) is 43.7 Å². The quantitative estimate of drug-likeness (QED) is 0.855. The molecule has 0 aliphatic heterocycles. The normalized spacial score (nSPS) is 11.1. The van der Waals surface area contributed by atoms with Crippen molar-refractivity contribution in [3.05, 3.63) is 53.9 Å². The van der Waals surface area contributed by atoms with Crippen molar-refractivity contribution in [3.8, 4) is 11.5 Å². The molecule has 0 radical (unpaired) electrons. The first-order chi connectivity index (χ1) is 8.99. The van der Waals surface area contributed by atoms with Gasteiger partial charge in [0.15, 0.2) is 6.29 Å². The maximum absolute atomic E-state index is 10.5. The monoisotopic (exact) mass is 257 g/mol. The van der Waals surface area contributed by atoms with Gasteiger partial charge >= 0.3 is 0 Å². The van der Waals surface area contributed by atoms with Crippen molar-refractivity contribution in [1.82, 2.24) is 4.98 Å². The van der Waals surface area contributed by atoms with E-state index in [-0.39, 0.29) is 0 Å². The van der Waals surface area contributed by atoms with Crippen LogP contribution in [-0.4, -0.2) is 16.4 Å². The van der Waals surface area contributed by atoms with E-state index in [2.05, 4.69) is 4.98 Å². The van der Waals surface area contributed by atoms with Crippen molar-refractivity contribution in [3.63, 3.8) is 0 Å². The van der Waals surface area contributed by atoms with E-state index in [0.717, 1.165) is 5.56 Å². The molecular formula is C15H15NO3. The molecule has 4 nitrogen and oxygen atoms in total. The lowest BCUT2D eigenvalue weighted by molar-refractivity contribution is 0.0785. The molecule has 0 saturated heterocycles. The van der Waals surface area contributed by atoms with Gasteiger partial charge in [0, 0.05) is 0 Å². The molecule has 98 valence electrons. The molecule has 2 aromatic rings. The molecule has 4 heteroatoms. The first kappa shape index (κ1) is 13.2. The van der Waals surface area contributed by atoms with E-state index in [0.29, 0.717) is 23.5 Å². The van der Waals surface area contributed by atoms with Gasteiger partial charge in [-0.2, -0.15) is 0 Å². The van der Waals surface area contributed by atoms with Crippen molar-refractivity contribution in [1.29, 1.82) is 0 Å². The molecule has 0 saturated carbocycles. The van der Waals surface area contributed by atoms with Crippen LogP contribution in [-0.2, 0) is 5.60 Å². The molecule has 0 unspecified atom stereocenters. The van der Waals surface area contributed by atoms with E-state index in [1.54, 1.807) is 38.1 Å². The van der Waals surface area contributed by atoms with Gasteiger partial charge in [0.1, 0.15) is 17.2 Å². The summed E-state index contributed by atoms with van der Waals surface area (Å²) < 4.78 is 5.59. The highest BCUT2D eigenvalue weighted by molar-refractivity contribution is 5.71. The second-order valence-corrected chi connectivity index (χ2v) is 4.72. The Morgan fingerprint density at radius 3 is 2.21 bits per heavy atom. The van der Waals surface area contributed by atoms with Crippen LogP contribution in [0.15, 0.2) is 42.6 Å². The number of carbonyl (C=O) groups is 1. The van der Waals surface area contributed by atoms with Gasteiger partial charge in [0.2, 0.25) is 0 Å². The van der Waals surface area contributed by atoms with Crippen molar-refractivity contribution >= 4 is 6.29 Å². The molecule has 1 aromatic carbocycles. The van der Waals surface area contributed by atoms with Crippen LogP contribution >= 0.6 is 0 Å². The second-order valence-electron chi connectivity index (χ2n) is 4.72. The fourth-order valence-corrected chi connectivity index (χ4v) is 1.59. The number of hydrogen-bond donors (Lipinski definition) is 1. The number of nitrogens with zero attached hydrogens (tertiary/aromatic N) is 1. The molecule has 1 heterocycles. The SMILES string of the molecule is CC(C)(O)c1ccc(Oc2ccc(C=O)nc2)cc1. The smallest absolute Gasteiger partial charge is 0.168 e. The van der Waals surface area contributed by atoms with Crippen LogP contribution < -0.4 is 4.74 Å². The van der Waals surface area contributed by atoms with Gasteiger partial charge in [0.05, 0.1) is 11.8 Å². The number of ether oxygens (including phenoxy) is 1. The molecule has 0 atom stereocenters. The zero-order chi connectivity index (χ0) is 13.9. The lowest BCUT2D eigenvalue weighted by atomic mass is 9.99. The summed E-state index contributed by atoms with van der Waals surface area (Å²) in [7, 11) is 0. The molecule has 1 aromatic heterocycles. The fourth-order valence-electron chi connectivity index (χ4n) is 1.59. The standard InChI is InChI=1S/C15H15NO3/c1-15(2,18)11-3-6-13(7-4-11)19-14-8-5-12(10-17)16-9-14/h3-10,18H,1-2H3. The van der Waals surface area contributed by atoms with Gasteiger partial charge in [0.25, 0.3) is 0 Å². The molecule has 1 N–H and O–H groups in total. The molecule has 0 amide bonds. The number of aldehydes is 1. The average molecular weight is 257 g/mol. The van der Waals surface area contributed by atoms with Crippen LogP contribution in [0.2, 0.25) is 0 Å². The van der Waals surface area contributed by atoms with Crippen LogP contribution in [0.5, 0.6) is 11.5 Å². The van der Waals surface area contributed by atoms with Crippen molar-refractivity contribution < 1.29 is 14.6 Å². The summed E-state index contributed by atoms with van der Waals surface area (Å²) in [5.41, 5.74) is 0.310. The molecule has 0 spiro atoms. The third kappa shape index (κ3) is 3.39. The van der Waals surface area contributed by atoms with E-state index >= 15 is 0 Å². The van der Waals surface area contributed by atoms with Gasteiger partial charge < -0.3 is 9.84 Å². The summed E-state index contributed by atoms with van der Waals surface area (Å²) >= 11 is 0. The minimum atomic E-state index is -0.869. The number of hydrogen-bond acceptors (Lipinski definition) is 4. The lowest BCUT2D eigenvalue weighted by Crippen LogP contribution is -2.14. The van der Waals surface area contributed by atoms with Gasteiger partial charge in [-0.3, -0.25) is 4.79 Å². The van der Waals surface area contributed by atoms with Gasteiger partial charge in [-0.25, -0.2) is 4.98 Å². The number of benzene rings is 1. The maximum atomic E-state index is 10.5. The fraction of sp³-hybridized carbons (Fsp3) is 0.200. The van der Waals surface area contributed by atoms with Crippen LogP contribution in [0.4, 0.5) is 0 Å². The van der Waals surface area contributed by atoms with Crippen LogP contribution in [0.1, 0.15) is 29.9 Å². The van der Waals surface area contributed by atoms with Crippen molar-refractivity contribution in [2.45, 2.75) is 19.4 Å². The zero-order valence-electron chi connectivity index (χ0n) is 10.8. The Bertz CT molecular complexity index is 553. The first-order valence-corrected chi connectivity index (χ1v) is 5.91. The third-order valence-corrected chi connectivity index (χ3v) is 2.68. The predicted octanol–water partition coefficient (Wildman–Crippen LogP) is 2.91. The van der Waals surface area contributed by atoms with E-state index in [4.69, 9.17) is 4.74 Å². The number of carbonyl (C=O) groups excluding carboxylic acids is 1. The predicted molar refractivity (Wildman–Crippen MR) is 71.4 cm³/mol. The average Bonchev–Trinajstić information content (AvgIpc) is 2.39. The lowest BCUT2D eigenvalue weighted by Gasteiger charge is -2.17. The third-order valence-electron chi connectivity index (χ3n) is 2.68. The molecule has 0 bridgehead atoms. The first-order valence-electron chi connectivity index (χ1n) is 5.91. The molecule has 19 heavy (non-hydrogen) atoms. The summed E-state index contributed by atoms with van der Waals surface area (Å²) in [6, 6.07) is 10.4. The highest BCUT2D eigenvalue weighted by Crippen LogP contribution is 2.25. The zero-order valence-corrected chi connectivity index (χ0v) is 10.8. The highest BCUT2D eigenvalue weighted by atomic mass is 16.5. The minimum Gasteiger partial charge on any atom is -0.456 e. The van der Waals surface area contributed by atoms with Crippen LogP contribution in [0.3, 0.4) is 0 Å². The number of aromatic nitrogens is 1. The van der Waals surface area contributed by atoms with Crippen molar-refractivity contribution in [2.24, 2.45) is 0 Å². The minimum absolute atomic E-state index is 0.365. The number of rotatable bonds is 4. The van der Waals surface area contributed by atoms with Crippen LogP contribution in [0.25, 0.3) is 0 Å². The Kier molecular flexibility index (Phi) is 3.62. The summed E-state index contributed by atoms with van der Waals surface area (Å²) in [6.07, 6.45) is 2.18. The summed E-state index contributed by atoms with van der Waals surface area (Å²) in [6.45, 7) is 3.45. The Morgan fingerprint density at radius 2 is 1.74 bits per heavy atom. The highest BCUT2D eigenvalue weighted by Gasteiger charge is 2.15. The Morgan fingerprint density at radius 1 is 1.11 bits per heavy atom. The molecule has 2 rings (SSSR count). The Labute approximate surface area is 111 Å². The van der Waals surface area contributed by atoms with Crippen LogP contribution in [0, 0.1) is 0 Å². The van der Waals surface area contributed by atoms with E-state index in [9.17, 15) is 9.90 Å². The van der Waals surface area contributed by atoms with E-state index < -0.39 is 5.60 Å². The summed E-state index contributed by atoms with van der Waals surface area (Å²) in [4.78, 5) is 14.4. The van der Waals surface area contributed by atoms with Gasteiger partial charge in [-0.1, -0.05) is 12.1 Å². The van der Waals surface area contributed by atoms with E-state index in [1.165, 1.54) is 6.20 Å². The molecule has 0 aliphatic carbocycles. The van der Waals surface area contributed by atoms with Gasteiger partial charge in [-0.15, -0.1) is 0 Å². The largest absolute Gasteiger partial charge is 0.456 e. The summed E-state index contributed by atoms with van der Waals surface area (Å²) in [5, 5.41) is 9.84. The van der Waals surface area contributed by atoms with E-state index in [1.807, 2.05) is 12.1 Å². The number of aliphatic hydroxyl groups is 1. The molecule has 0 aliphatic rings. The maximum Gasteiger partial charge on any atom is 0.168 e.